The summed E-state index contributed by atoms with van der Waals surface area (Å²) in [5.41, 5.74) is 1.37. The Morgan fingerprint density at radius 2 is 1.33 bits per heavy atom. The molecule has 0 aliphatic carbocycles. The largest absolute Gasteiger partial charge is 0.421 e. The summed E-state index contributed by atoms with van der Waals surface area (Å²) < 4.78 is 5.08. The van der Waals surface area contributed by atoms with E-state index in [1.165, 1.54) is 5.70 Å². The Bertz CT molecular complexity index is 128. The lowest BCUT2D eigenvalue weighted by Gasteiger charge is -2.10. The Morgan fingerprint density at radius 1 is 1.17 bits per heavy atom. The van der Waals surface area contributed by atoms with E-state index < -0.39 is 14.3 Å². The Kier molecular flexibility index (Phi) is 8.33. The molecule has 74 valence electrons. The molecule has 0 radical (unpaired) electrons. The second-order valence-electron chi connectivity index (χ2n) is 3.06. The summed E-state index contributed by atoms with van der Waals surface area (Å²) >= 11 is 15.8. The van der Waals surface area contributed by atoms with Gasteiger partial charge in [-0.05, 0) is 19.6 Å². The third kappa shape index (κ3) is 22.4. The van der Waals surface area contributed by atoms with Gasteiger partial charge in [-0.3, -0.25) is 0 Å². The van der Waals surface area contributed by atoms with Gasteiger partial charge in [-0.2, -0.15) is 0 Å². The van der Waals surface area contributed by atoms with E-state index in [-0.39, 0.29) is 0 Å². The maximum atomic E-state index is 5.27. The molecule has 0 aromatic carbocycles. The van der Waals surface area contributed by atoms with Crippen LogP contribution in [0, 0.1) is 0 Å². The second-order valence-corrected chi connectivity index (χ2v) is 16.3. The van der Waals surface area contributed by atoms with Crippen LogP contribution in [0.4, 0.5) is 0 Å². The minimum Gasteiger partial charge on any atom is -0.421 e. The topological polar surface area (TPSA) is 9.23 Å². The summed E-state index contributed by atoms with van der Waals surface area (Å²) in [5, 5.41) is 0. The first-order chi connectivity index (χ1) is 5.12. The Hall–Kier alpha value is 1.00. The third-order valence-electron chi connectivity index (χ3n) is 0.844. The Balaban J connectivity index is 0. The molecule has 6 heteroatoms. The van der Waals surface area contributed by atoms with Crippen LogP contribution in [0.5, 0.6) is 0 Å². The molecule has 0 atom stereocenters. The van der Waals surface area contributed by atoms with Crippen molar-refractivity contribution in [1.82, 2.24) is 0 Å². The van der Waals surface area contributed by atoms with Gasteiger partial charge in [0, 0.05) is 7.11 Å². The highest BCUT2D eigenvalue weighted by atomic mass is 35.8. The molecule has 0 saturated heterocycles. The van der Waals surface area contributed by atoms with Gasteiger partial charge in [0.2, 0.25) is 0 Å². The number of hydrogen-bond donors (Lipinski definition) is 0. The van der Waals surface area contributed by atoms with Crippen molar-refractivity contribution < 1.29 is 4.43 Å². The fourth-order valence-corrected chi connectivity index (χ4v) is 0. The second kappa shape index (κ2) is 6.46. The van der Waals surface area contributed by atoms with Crippen LogP contribution < -0.4 is 0 Å². The van der Waals surface area contributed by atoms with E-state index in [4.69, 9.17) is 37.7 Å². The van der Waals surface area contributed by atoms with Gasteiger partial charge in [-0.25, -0.2) is 0 Å². The molecule has 0 amide bonds. The lowest BCUT2D eigenvalue weighted by Crippen LogP contribution is -2.22. The molecular formula is C6H15Cl3OSi2. The van der Waals surface area contributed by atoms with Crippen LogP contribution >= 0.6 is 33.2 Å². The quantitative estimate of drug-likeness (QED) is 0.545. The van der Waals surface area contributed by atoms with Crippen LogP contribution in [0.2, 0.25) is 19.6 Å². The van der Waals surface area contributed by atoms with E-state index in [2.05, 4.69) is 26.2 Å². The maximum absolute atomic E-state index is 5.27. The highest BCUT2D eigenvalue weighted by molar-refractivity contribution is 7.66. The van der Waals surface area contributed by atoms with Gasteiger partial charge in [0.25, 0.3) is 0 Å². The maximum Gasteiger partial charge on any atom is 0.365 e. The monoisotopic (exact) mass is 264 g/mol. The number of hydrogen-bond acceptors (Lipinski definition) is 1. The van der Waals surface area contributed by atoms with E-state index in [9.17, 15) is 0 Å². The molecule has 0 unspecified atom stereocenters. The van der Waals surface area contributed by atoms with Crippen LogP contribution in [0.1, 0.15) is 0 Å². The molecular weight excluding hydrogens is 251 g/mol. The van der Waals surface area contributed by atoms with Crippen LogP contribution in [0.15, 0.2) is 12.3 Å². The summed E-state index contributed by atoms with van der Waals surface area (Å²) in [6.07, 6.45) is 0. The highest BCUT2D eigenvalue weighted by Gasteiger charge is 2.17. The van der Waals surface area contributed by atoms with Gasteiger partial charge in [0.15, 0.2) is 8.32 Å². The fraction of sp³-hybridized carbons (Fsp3) is 0.667. The summed E-state index contributed by atoms with van der Waals surface area (Å²) in [5.74, 6) is 0. The first-order valence-corrected chi connectivity index (χ1v) is 11.9. The SMILES string of the molecule is C=C[Si](Cl)(Cl)Cl.CO[Si](C)(C)C. The fourth-order valence-electron chi connectivity index (χ4n) is 0. The van der Waals surface area contributed by atoms with E-state index >= 15 is 0 Å². The van der Waals surface area contributed by atoms with Gasteiger partial charge in [0.1, 0.15) is 0 Å². The molecule has 0 aliphatic heterocycles. The van der Waals surface area contributed by atoms with Gasteiger partial charge in [0.05, 0.1) is 0 Å². The van der Waals surface area contributed by atoms with Gasteiger partial charge >= 0.3 is 6.00 Å². The summed E-state index contributed by atoms with van der Waals surface area (Å²) in [7, 11) is 0.639. The van der Waals surface area contributed by atoms with Crippen molar-refractivity contribution in [2.24, 2.45) is 0 Å². The van der Waals surface area contributed by atoms with Gasteiger partial charge in [-0.15, -0.1) is 39.8 Å². The summed E-state index contributed by atoms with van der Waals surface area (Å²) in [4.78, 5) is 0. The molecule has 0 spiro atoms. The molecule has 0 aromatic rings. The van der Waals surface area contributed by atoms with E-state index in [0.29, 0.717) is 0 Å². The zero-order valence-electron chi connectivity index (χ0n) is 7.83. The molecule has 0 aliphatic rings. The average Bonchev–Trinajstić information content (AvgIpc) is 1.86. The first-order valence-electron chi connectivity index (χ1n) is 3.38. The third-order valence-corrected chi connectivity index (χ3v) is 3.92. The minimum absolute atomic E-state index is 1.13. The van der Waals surface area contributed by atoms with Crippen LogP contribution in [-0.2, 0) is 4.43 Å². The van der Waals surface area contributed by atoms with Crippen LogP contribution in [0.25, 0.3) is 0 Å². The molecule has 0 saturated carbocycles. The molecule has 0 rings (SSSR count). The molecule has 0 heterocycles. The van der Waals surface area contributed by atoms with E-state index in [1.54, 1.807) is 7.11 Å². The molecule has 0 N–H and O–H groups in total. The van der Waals surface area contributed by atoms with Crippen molar-refractivity contribution in [3.05, 3.63) is 12.3 Å². The highest BCUT2D eigenvalue weighted by Crippen LogP contribution is 2.19. The summed E-state index contributed by atoms with van der Waals surface area (Å²) in [6.45, 7) is 9.78. The van der Waals surface area contributed by atoms with Crippen molar-refractivity contribution in [3.8, 4) is 0 Å². The smallest absolute Gasteiger partial charge is 0.365 e. The molecule has 12 heavy (non-hydrogen) atoms. The lowest BCUT2D eigenvalue weighted by molar-refractivity contribution is 0.411. The first kappa shape index (κ1) is 15.5. The number of halogens is 3. The summed E-state index contributed by atoms with van der Waals surface area (Å²) in [6, 6.07) is -2.45. The van der Waals surface area contributed by atoms with Crippen molar-refractivity contribution >= 4 is 47.6 Å². The van der Waals surface area contributed by atoms with Crippen molar-refractivity contribution in [2.45, 2.75) is 19.6 Å². The zero-order valence-corrected chi connectivity index (χ0v) is 12.1. The molecule has 0 fully saturated rings. The Morgan fingerprint density at radius 3 is 1.33 bits per heavy atom. The lowest BCUT2D eigenvalue weighted by atomic mass is 11.3. The average molecular weight is 266 g/mol. The minimum atomic E-state index is -2.45. The zero-order chi connectivity index (χ0) is 10.4. The van der Waals surface area contributed by atoms with Crippen molar-refractivity contribution in [3.63, 3.8) is 0 Å². The standard InChI is InChI=1S/C4H12OSi.C2H3Cl3Si/c1-5-6(2,3)4;1-2-6(3,4)5/h1-4H3;2H,1H2. The van der Waals surface area contributed by atoms with Crippen molar-refractivity contribution in [1.29, 1.82) is 0 Å². The predicted molar refractivity (Wildman–Crippen MR) is 63.9 cm³/mol. The van der Waals surface area contributed by atoms with Gasteiger partial charge in [-0.1, -0.05) is 5.70 Å². The normalized spacial score (nSPS) is 11.6. The Labute approximate surface area is 90.9 Å². The number of rotatable bonds is 2. The molecule has 0 aromatic heterocycles. The van der Waals surface area contributed by atoms with Crippen molar-refractivity contribution in [2.75, 3.05) is 7.11 Å². The molecule has 1 nitrogen and oxygen atoms in total. The van der Waals surface area contributed by atoms with E-state index in [0.717, 1.165) is 0 Å². The predicted octanol–water partition coefficient (Wildman–Crippen LogP) is 3.83. The van der Waals surface area contributed by atoms with Crippen LogP contribution in [-0.4, -0.2) is 21.4 Å². The van der Waals surface area contributed by atoms with E-state index in [1.807, 2.05) is 0 Å². The van der Waals surface area contributed by atoms with Gasteiger partial charge < -0.3 is 4.43 Å². The molecule has 0 bridgehead atoms. The van der Waals surface area contributed by atoms with Crippen LogP contribution in [0.3, 0.4) is 0 Å².